The van der Waals surface area contributed by atoms with Crippen LogP contribution in [0.5, 0.6) is 0 Å². The van der Waals surface area contributed by atoms with Gasteiger partial charge in [0.05, 0.1) is 22.7 Å². The zero-order valence-corrected chi connectivity index (χ0v) is 14.1. The van der Waals surface area contributed by atoms with E-state index in [2.05, 4.69) is 10.1 Å². The molecule has 3 heterocycles. The first-order valence-corrected chi connectivity index (χ1v) is 8.45. The average Bonchev–Trinajstić information content (AvgIpc) is 3.31. The van der Waals surface area contributed by atoms with Gasteiger partial charge in [-0.3, -0.25) is 4.79 Å². The molecule has 3 aromatic rings. The third-order valence-electron chi connectivity index (χ3n) is 3.42. The lowest BCUT2D eigenvalue weighted by Crippen LogP contribution is -2.30. The topological polar surface area (TPSA) is 77.2 Å². The van der Waals surface area contributed by atoms with Gasteiger partial charge >= 0.3 is 5.91 Å². The first-order chi connectivity index (χ1) is 12.7. The SMILES string of the molecule is O=C(C1=COCCO1)N(/N=C/c1ccco1)c1nc2ccc(F)cc2s1. The van der Waals surface area contributed by atoms with Crippen molar-refractivity contribution in [3.05, 3.63) is 60.2 Å². The summed E-state index contributed by atoms with van der Waals surface area (Å²) in [6.45, 7) is 0.630. The summed E-state index contributed by atoms with van der Waals surface area (Å²) in [6.07, 6.45) is 4.12. The number of thiazole rings is 1. The molecule has 9 heteroatoms. The molecule has 4 rings (SSSR count). The van der Waals surface area contributed by atoms with Crippen LogP contribution in [0.2, 0.25) is 0 Å². The molecule has 0 bridgehead atoms. The van der Waals surface area contributed by atoms with Crippen LogP contribution in [0, 0.1) is 5.82 Å². The van der Waals surface area contributed by atoms with Crippen molar-refractivity contribution in [2.75, 3.05) is 18.2 Å². The second kappa shape index (κ2) is 6.96. The van der Waals surface area contributed by atoms with Crippen molar-refractivity contribution in [2.24, 2.45) is 5.10 Å². The lowest BCUT2D eigenvalue weighted by atomic mass is 10.3. The van der Waals surface area contributed by atoms with Crippen LogP contribution < -0.4 is 5.01 Å². The third-order valence-corrected chi connectivity index (χ3v) is 4.41. The molecule has 0 saturated carbocycles. The normalized spacial score (nSPS) is 14.1. The van der Waals surface area contributed by atoms with Gasteiger partial charge in [0.25, 0.3) is 0 Å². The van der Waals surface area contributed by atoms with E-state index in [4.69, 9.17) is 13.9 Å². The monoisotopic (exact) mass is 373 g/mol. The highest BCUT2D eigenvalue weighted by Crippen LogP contribution is 2.30. The summed E-state index contributed by atoms with van der Waals surface area (Å²) in [5.74, 6) is -0.452. The minimum absolute atomic E-state index is 0.0123. The van der Waals surface area contributed by atoms with Gasteiger partial charge in [-0.1, -0.05) is 11.3 Å². The summed E-state index contributed by atoms with van der Waals surface area (Å²) in [5, 5.41) is 5.52. The lowest BCUT2D eigenvalue weighted by Gasteiger charge is -2.18. The number of carbonyl (C=O) groups is 1. The first-order valence-electron chi connectivity index (χ1n) is 7.63. The van der Waals surface area contributed by atoms with Crippen LogP contribution in [0.1, 0.15) is 5.76 Å². The van der Waals surface area contributed by atoms with Crippen LogP contribution in [0.3, 0.4) is 0 Å². The fourth-order valence-electron chi connectivity index (χ4n) is 2.23. The number of amides is 1. The van der Waals surface area contributed by atoms with Crippen LogP contribution >= 0.6 is 11.3 Å². The molecule has 132 valence electrons. The number of benzene rings is 1. The Bertz CT molecular complexity index is 997. The molecular formula is C17H12FN3O4S. The molecule has 0 atom stereocenters. The van der Waals surface area contributed by atoms with Gasteiger partial charge in [-0.2, -0.15) is 10.1 Å². The summed E-state index contributed by atoms with van der Waals surface area (Å²) in [6, 6.07) is 7.61. The number of hydrazone groups is 1. The van der Waals surface area contributed by atoms with E-state index >= 15 is 0 Å². The minimum atomic E-state index is -0.549. The van der Waals surface area contributed by atoms with E-state index in [-0.39, 0.29) is 23.3 Å². The van der Waals surface area contributed by atoms with Crippen molar-refractivity contribution in [3.63, 3.8) is 0 Å². The molecule has 0 aliphatic carbocycles. The van der Waals surface area contributed by atoms with Crippen molar-refractivity contribution >= 4 is 38.8 Å². The molecule has 1 aliphatic rings. The van der Waals surface area contributed by atoms with E-state index < -0.39 is 5.91 Å². The molecule has 2 aromatic heterocycles. The standard InChI is InChI=1S/C17H12FN3O4S/c18-11-3-4-13-15(8-11)26-17(20-13)21(19-9-12-2-1-5-24-12)16(22)14-10-23-6-7-25-14/h1-5,8-10H,6-7H2/b19-9+. The van der Waals surface area contributed by atoms with Gasteiger partial charge in [0.1, 0.15) is 31.1 Å². The first kappa shape index (κ1) is 16.3. The van der Waals surface area contributed by atoms with Gasteiger partial charge in [-0.15, -0.1) is 0 Å². The van der Waals surface area contributed by atoms with Crippen molar-refractivity contribution in [1.82, 2.24) is 4.98 Å². The van der Waals surface area contributed by atoms with Crippen molar-refractivity contribution in [2.45, 2.75) is 0 Å². The fourth-order valence-corrected chi connectivity index (χ4v) is 3.18. The maximum absolute atomic E-state index is 13.4. The number of carbonyl (C=O) groups excluding carboxylic acids is 1. The molecule has 0 N–H and O–H groups in total. The van der Waals surface area contributed by atoms with Crippen LogP contribution in [-0.2, 0) is 14.3 Å². The number of aromatic nitrogens is 1. The number of hydrogen-bond acceptors (Lipinski definition) is 7. The smallest absolute Gasteiger partial charge is 0.319 e. The van der Waals surface area contributed by atoms with E-state index in [0.717, 1.165) is 16.3 Å². The second-order valence-corrected chi connectivity index (χ2v) is 6.20. The maximum Gasteiger partial charge on any atom is 0.319 e. The number of nitrogens with zero attached hydrogens (tertiary/aromatic N) is 3. The molecule has 7 nitrogen and oxygen atoms in total. The Morgan fingerprint density at radius 1 is 1.35 bits per heavy atom. The zero-order chi connectivity index (χ0) is 17.9. The Labute approximate surface area is 150 Å². The van der Waals surface area contributed by atoms with Crippen LogP contribution in [0.25, 0.3) is 10.2 Å². The summed E-state index contributed by atoms with van der Waals surface area (Å²) < 4.78 is 29.7. The van der Waals surface area contributed by atoms with Crippen LogP contribution in [-0.4, -0.2) is 30.3 Å². The van der Waals surface area contributed by atoms with Gasteiger partial charge in [0.2, 0.25) is 10.9 Å². The van der Waals surface area contributed by atoms with Crippen LogP contribution in [0.4, 0.5) is 9.52 Å². The molecular weight excluding hydrogens is 361 g/mol. The average molecular weight is 373 g/mol. The molecule has 26 heavy (non-hydrogen) atoms. The van der Waals surface area contributed by atoms with E-state index in [1.54, 1.807) is 18.2 Å². The summed E-state index contributed by atoms with van der Waals surface area (Å²) >= 11 is 1.14. The number of rotatable bonds is 4. The highest BCUT2D eigenvalue weighted by molar-refractivity contribution is 7.22. The van der Waals surface area contributed by atoms with Crippen LogP contribution in [0.15, 0.2) is 58.1 Å². The Morgan fingerprint density at radius 2 is 2.27 bits per heavy atom. The number of furan rings is 1. The lowest BCUT2D eigenvalue weighted by molar-refractivity contribution is -0.119. The second-order valence-electron chi connectivity index (χ2n) is 5.19. The number of halogens is 1. The highest BCUT2D eigenvalue weighted by atomic mass is 32.1. The zero-order valence-electron chi connectivity index (χ0n) is 13.3. The van der Waals surface area contributed by atoms with Gasteiger partial charge < -0.3 is 13.9 Å². The van der Waals surface area contributed by atoms with Crippen molar-refractivity contribution in [1.29, 1.82) is 0 Å². The predicted octanol–water partition coefficient (Wildman–Crippen LogP) is 3.28. The Kier molecular flexibility index (Phi) is 4.36. The van der Waals surface area contributed by atoms with Crippen molar-refractivity contribution in [3.8, 4) is 0 Å². The quantitative estimate of drug-likeness (QED) is 0.518. The molecule has 0 fully saturated rings. The van der Waals surface area contributed by atoms with E-state index in [0.29, 0.717) is 22.6 Å². The van der Waals surface area contributed by atoms with Crippen molar-refractivity contribution < 1.29 is 23.1 Å². The van der Waals surface area contributed by atoms with Gasteiger partial charge in [0.15, 0.2) is 0 Å². The number of fused-ring (bicyclic) bond motifs is 1. The molecule has 1 amide bonds. The number of anilines is 1. The maximum atomic E-state index is 13.4. The van der Waals surface area contributed by atoms with Gasteiger partial charge in [-0.05, 0) is 30.3 Å². The summed E-state index contributed by atoms with van der Waals surface area (Å²) in [5.41, 5.74) is 0.562. The Morgan fingerprint density at radius 3 is 3.04 bits per heavy atom. The largest absolute Gasteiger partial charge is 0.494 e. The Balaban J connectivity index is 1.73. The fraction of sp³-hybridized carbons (Fsp3) is 0.118. The van der Waals surface area contributed by atoms with E-state index in [1.807, 2.05) is 0 Å². The number of hydrogen-bond donors (Lipinski definition) is 0. The molecule has 0 spiro atoms. The summed E-state index contributed by atoms with van der Waals surface area (Å²) in [4.78, 5) is 17.2. The van der Waals surface area contributed by atoms with Gasteiger partial charge in [-0.25, -0.2) is 9.37 Å². The predicted molar refractivity (Wildman–Crippen MR) is 93.4 cm³/mol. The summed E-state index contributed by atoms with van der Waals surface area (Å²) in [7, 11) is 0. The van der Waals surface area contributed by atoms with E-state index in [1.165, 1.54) is 30.9 Å². The highest BCUT2D eigenvalue weighted by Gasteiger charge is 2.26. The molecule has 0 unspecified atom stereocenters. The molecule has 0 radical (unpaired) electrons. The van der Waals surface area contributed by atoms with Gasteiger partial charge in [0, 0.05) is 0 Å². The molecule has 1 aromatic carbocycles. The third kappa shape index (κ3) is 3.29. The molecule has 1 aliphatic heterocycles. The number of ether oxygens (including phenoxy) is 2. The minimum Gasteiger partial charge on any atom is -0.494 e. The molecule has 0 saturated heterocycles. The Hall–Kier alpha value is -3.20. The van der Waals surface area contributed by atoms with E-state index in [9.17, 15) is 9.18 Å².